The van der Waals surface area contributed by atoms with Crippen LogP contribution in [-0.2, 0) is 14.4 Å². The normalized spacial score (nSPS) is 24.8. The molecule has 0 aromatic heterocycles. The molecule has 104 valence electrons. The number of hydrogen-bond acceptors (Lipinski definition) is 3. The van der Waals surface area contributed by atoms with E-state index in [0.29, 0.717) is 45.1 Å². The lowest BCUT2D eigenvalue weighted by molar-refractivity contribution is -0.146. The maximum Gasteiger partial charge on any atom is 0.238 e. The fraction of sp³-hybridized carbons (Fsp3) is 0.769. The smallest absolute Gasteiger partial charge is 0.238 e. The molecule has 1 aliphatic heterocycles. The van der Waals surface area contributed by atoms with Crippen molar-refractivity contribution in [1.82, 2.24) is 15.1 Å². The molecule has 3 amide bonds. The molecule has 3 aliphatic rings. The van der Waals surface area contributed by atoms with Crippen molar-refractivity contribution in [2.24, 2.45) is 5.41 Å². The van der Waals surface area contributed by atoms with E-state index in [-0.39, 0.29) is 11.8 Å². The number of carbonyl (C=O) groups is 3. The summed E-state index contributed by atoms with van der Waals surface area (Å²) in [5.74, 6) is -0.131. The predicted molar refractivity (Wildman–Crippen MR) is 67.0 cm³/mol. The van der Waals surface area contributed by atoms with Crippen molar-refractivity contribution in [3.8, 4) is 0 Å². The molecule has 1 saturated heterocycles. The van der Waals surface area contributed by atoms with Gasteiger partial charge in [-0.2, -0.15) is 0 Å². The standard InChI is InChI=1S/C13H19N3O3/c17-9-15-5-7-16(8-6-15)12(19)13(3-4-13)11(18)14-10-1-2-10/h9-10H,1-8H2,(H,14,18). The number of piperazine rings is 1. The number of carbonyl (C=O) groups excluding carboxylic acids is 3. The second kappa shape index (κ2) is 4.51. The van der Waals surface area contributed by atoms with Crippen LogP contribution in [0.3, 0.4) is 0 Å². The molecule has 0 bridgehead atoms. The van der Waals surface area contributed by atoms with Gasteiger partial charge in [-0.15, -0.1) is 0 Å². The van der Waals surface area contributed by atoms with E-state index >= 15 is 0 Å². The van der Waals surface area contributed by atoms with Gasteiger partial charge in [-0.3, -0.25) is 14.4 Å². The highest BCUT2D eigenvalue weighted by molar-refractivity contribution is 6.08. The van der Waals surface area contributed by atoms with Crippen LogP contribution in [-0.4, -0.2) is 60.2 Å². The highest BCUT2D eigenvalue weighted by atomic mass is 16.2. The molecule has 0 unspecified atom stereocenters. The zero-order chi connectivity index (χ0) is 13.5. The first-order valence-electron chi connectivity index (χ1n) is 6.95. The summed E-state index contributed by atoms with van der Waals surface area (Å²) in [4.78, 5) is 38.7. The van der Waals surface area contributed by atoms with Crippen molar-refractivity contribution >= 4 is 18.2 Å². The van der Waals surface area contributed by atoms with E-state index in [9.17, 15) is 14.4 Å². The molecule has 6 heteroatoms. The van der Waals surface area contributed by atoms with Gasteiger partial charge in [0.15, 0.2) is 0 Å². The molecule has 0 spiro atoms. The lowest BCUT2D eigenvalue weighted by Gasteiger charge is -2.34. The van der Waals surface area contributed by atoms with Crippen LogP contribution in [0.5, 0.6) is 0 Å². The van der Waals surface area contributed by atoms with Crippen LogP contribution in [0.2, 0.25) is 0 Å². The monoisotopic (exact) mass is 265 g/mol. The van der Waals surface area contributed by atoms with Gasteiger partial charge in [-0.1, -0.05) is 0 Å². The van der Waals surface area contributed by atoms with Crippen LogP contribution in [0.15, 0.2) is 0 Å². The van der Waals surface area contributed by atoms with Gasteiger partial charge in [0.05, 0.1) is 0 Å². The molecule has 0 radical (unpaired) electrons. The molecule has 0 aromatic rings. The molecule has 2 saturated carbocycles. The minimum absolute atomic E-state index is 0.0452. The third-order valence-corrected chi connectivity index (χ3v) is 4.26. The number of nitrogens with one attached hydrogen (secondary N) is 1. The van der Waals surface area contributed by atoms with Crippen LogP contribution in [0, 0.1) is 5.41 Å². The van der Waals surface area contributed by atoms with Gasteiger partial charge >= 0.3 is 0 Å². The van der Waals surface area contributed by atoms with E-state index in [2.05, 4.69) is 5.32 Å². The van der Waals surface area contributed by atoms with Crippen molar-refractivity contribution in [2.75, 3.05) is 26.2 Å². The Morgan fingerprint density at radius 1 is 1.11 bits per heavy atom. The Bertz CT molecular complexity index is 407. The van der Waals surface area contributed by atoms with Crippen LogP contribution < -0.4 is 5.32 Å². The summed E-state index contributed by atoms with van der Waals surface area (Å²) in [5, 5.41) is 2.94. The van der Waals surface area contributed by atoms with Crippen molar-refractivity contribution in [3.05, 3.63) is 0 Å². The molecule has 1 heterocycles. The van der Waals surface area contributed by atoms with Gasteiger partial charge in [0.1, 0.15) is 5.41 Å². The minimum atomic E-state index is -0.786. The Balaban J connectivity index is 1.60. The van der Waals surface area contributed by atoms with Gasteiger partial charge in [0.2, 0.25) is 18.2 Å². The van der Waals surface area contributed by atoms with Crippen LogP contribution >= 0.6 is 0 Å². The number of nitrogens with zero attached hydrogens (tertiary/aromatic N) is 2. The van der Waals surface area contributed by atoms with Gasteiger partial charge < -0.3 is 15.1 Å². The topological polar surface area (TPSA) is 69.7 Å². The zero-order valence-corrected chi connectivity index (χ0v) is 10.9. The molecule has 1 N–H and O–H groups in total. The van der Waals surface area contributed by atoms with E-state index in [1.807, 2.05) is 0 Å². The molecular formula is C13H19N3O3. The van der Waals surface area contributed by atoms with Crippen molar-refractivity contribution in [1.29, 1.82) is 0 Å². The van der Waals surface area contributed by atoms with E-state index in [4.69, 9.17) is 0 Å². The van der Waals surface area contributed by atoms with Crippen LogP contribution in [0.1, 0.15) is 25.7 Å². The molecule has 6 nitrogen and oxygen atoms in total. The summed E-state index contributed by atoms with van der Waals surface area (Å²) in [6.07, 6.45) is 4.22. The number of hydrogen-bond donors (Lipinski definition) is 1. The molecule has 3 fully saturated rings. The lowest BCUT2D eigenvalue weighted by atomic mass is 10.0. The van der Waals surface area contributed by atoms with Gasteiger partial charge in [-0.05, 0) is 25.7 Å². The Kier molecular flexibility index (Phi) is 2.95. The largest absolute Gasteiger partial charge is 0.352 e. The van der Waals surface area contributed by atoms with Crippen molar-refractivity contribution in [2.45, 2.75) is 31.7 Å². The fourth-order valence-corrected chi connectivity index (χ4v) is 2.55. The number of amides is 3. The third kappa shape index (κ3) is 2.31. The van der Waals surface area contributed by atoms with E-state index in [1.165, 1.54) is 0 Å². The maximum absolute atomic E-state index is 12.5. The summed E-state index contributed by atoms with van der Waals surface area (Å²) < 4.78 is 0. The third-order valence-electron chi connectivity index (χ3n) is 4.26. The highest BCUT2D eigenvalue weighted by Crippen LogP contribution is 2.48. The summed E-state index contributed by atoms with van der Waals surface area (Å²) in [7, 11) is 0. The molecular weight excluding hydrogens is 246 g/mol. The van der Waals surface area contributed by atoms with E-state index in [0.717, 1.165) is 19.3 Å². The van der Waals surface area contributed by atoms with Gasteiger partial charge in [0, 0.05) is 32.2 Å². The molecule has 2 aliphatic carbocycles. The quantitative estimate of drug-likeness (QED) is 0.542. The van der Waals surface area contributed by atoms with Crippen molar-refractivity contribution in [3.63, 3.8) is 0 Å². The highest BCUT2D eigenvalue weighted by Gasteiger charge is 2.58. The van der Waals surface area contributed by atoms with Crippen molar-refractivity contribution < 1.29 is 14.4 Å². The Labute approximate surface area is 112 Å². The summed E-state index contributed by atoms with van der Waals surface area (Å²) in [5.41, 5.74) is -0.786. The molecule has 0 atom stereocenters. The molecule has 0 aromatic carbocycles. The average molecular weight is 265 g/mol. The summed E-state index contributed by atoms with van der Waals surface area (Å²) >= 11 is 0. The lowest BCUT2D eigenvalue weighted by Crippen LogP contribution is -2.53. The predicted octanol–water partition coefficient (Wildman–Crippen LogP) is -0.654. The second-order valence-corrected chi connectivity index (χ2v) is 5.76. The van der Waals surface area contributed by atoms with Gasteiger partial charge in [0.25, 0.3) is 0 Å². The summed E-state index contributed by atoms with van der Waals surface area (Å²) in [6, 6.07) is 0.296. The maximum atomic E-state index is 12.5. The SMILES string of the molecule is O=CN1CCN(C(=O)C2(C(=O)NC3CC3)CC2)CC1. The van der Waals surface area contributed by atoms with Crippen LogP contribution in [0.25, 0.3) is 0 Å². The van der Waals surface area contributed by atoms with E-state index in [1.54, 1.807) is 9.80 Å². The van der Waals surface area contributed by atoms with Gasteiger partial charge in [-0.25, -0.2) is 0 Å². The fourth-order valence-electron chi connectivity index (χ4n) is 2.55. The molecule has 19 heavy (non-hydrogen) atoms. The second-order valence-electron chi connectivity index (χ2n) is 5.76. The van der Waals surface area contributed by atoms with E-state index < -0.39 is 5.41 Å². The minimum Gasteiger partial charge on any atom is -0.352 e. The first-order chi connectivity index (χ1) is 9.15. The molecule has 3 rings (SSSR count). The first-order valence-corrected chi connectivity index (χ1v) is 6.95. The number of rotatable bonds is 4. The zero-order valence-electron chi connectivity index (χ0n) is 10.9. The van der Waals surface area contributed by atoms with Crippen LogP contribution in [0.4, 0.5) is 0 Å². The Hall–Kier alpha value is -1.59. The first kappa shape index (κ1) is 12.4. The average Bonchev–Trinajstić information content (AvgIpc) is 3.31. The summed E-state index contributed by atoms with van der Waals surface area (Å²) in [6.45, 7) is 2.21. The Morgan fingerprint density at radius 3 is 2.21 bits per heavy atom. The Morgan fingerprint density at radius 2 is 1.74 bits per heavy atom.